The lowest BCUT2D eigenvalue weighted by atomic mass is 9.90. The van der Waals surface area contributed by atoms with Gasteiger partial charge in [0, 0.05) is 37.0 Å². The second kappa shape index (κ2) is 7.41. The van der Waals surface area contributed by atoms with Gasteiger partial charge in [0.2, 0.25) is 11.8 Å². The molecule has 1 aliphatic rings. The lowest BCUT2D eigenvalue weighted by Gasteiger charge is -2.35. The molecular weight excluding hydrogens is 296 g/mol. The van der Waals surface area contributed by atoms with E-state index in [1.165, 1.54) is 12.3 Å². The zero-order valence-electron chi connectivity index (χ0n) is 13.5. The van der Waals surface area contributed by atoms with Crippen LogP contribution in [0.2, 0.25) is 0 Å². The van der Waals surface area contributed by atoms with E-state index in [1.54, 1.807) is 17.9 Å². The Kier molecular flexibility index (Phi) is 5.54. The molecule has 4 N–H and O–H groups in total. The molecular formula is C16H24N4O3. The highest BCUT2D eigenvalue weighted by molar-refractivity contribution is 5.94. The SMILES string of the molecule is CC(NC(=O)c1ccnc(O)c1)C1CCN(C(=O)[C@H](C)N)CC1. The molecule has 7 heteroatoms. The van der Waals surface area contributed by atoms with Crippen LogP contribution in [0.5, 0.6) is 5.88 Å². The molecule has 1 aromatic rings. The van der Waals surface area contributed by atoms with Crippen molar-refractivity contribution in [3.8, 4) is 5.88 Å². The number of piperidine rings is 1. The van der Waals surface area contributed by atoms with Crippen LogP contribution in [0.4, 0.5) is 0 Å². The van der Waals surface area contributed by atoms with Gasteiger partial charge < -0.3 is 21.1 Å². The van der Waals surface area contributed by atoms with Gasteiger partial charge in [0.15, 0.2) is 0 Å². The highest BCUT2D eigenvalue weighted by Crippen LogP contribution is 2.21. The number of nitrogens with one attached hydrogen (secondary N) is 1. The number of hydrogen-bond acceptors (Lipinski definition) is 5. The maximum absolute atomic E-state index is 12.2. The summed E-state index contributed by atoms with van der Waals surface area (Å²) in [7, 11) is 0. The van der Waals surface area contributed by atoms with Crippen molar-refractivity contribution in [1.29, 1.82) is 0 Å². The summed E-state index contributed by atoms with van der Waals surface area (Å²) in [6.07, 6.45) is 3.07. The fourth-order valence-corrected chi connectivity index (χ4v) is 2.88. The summed E-state index contributed by atoms with van der Waals surface area (Å²) >= 11 is 0. The molecule has 0 radical (unpaired) electrons. The molecule has 2 heterocycles. The third-order valence-corrected chi connectivity index (χ3v) is 4.31. The van der Waals surface area contributed by atoms with Crippen molar-refractivity contribution in [2.75, 3.05) is 13.1 Å². The monoisotopic (exact) mass is 320 g/mol. The molecule has 1 saturated heterocycles. The largest absolute Gasteiger partial charge is 0.493 e. The number of rotatable bonds is 4. The fraction of sp³-hybridized carbons (Fsp3) is 0.562. The zero-order valence-corrected chi connectivity index (χ0v) is 13.5. The average Bonchev–Trinajstić information content (AvgIpc) is 2.54. The van der Waals surface area contributed by atoms with Crippen molar-refractivity contribution in [2.45, 2.75) is 38.8 Å². The van der Waals surface area contributed by atoms with Gasteiger partial charge in [0.05, 0.1) is 6.04 Å². The van der Waals surface area contributed by atoms with Crippen molar-refractivity contribution in [2.24, 2.45) is 11.7 Å². The van der Waals surface area contributed by atoms with Gasteiger partial charge in [-0.1, -0.05) is 0 Å². The smallest absolute Gasteiger partial charge is 0.251 e. The zero-order chi connectivity index (χ0) is 17.0. The molecule has 1 unspecified atom stereocenters. The molecule has 1 fully saturated rings. The highest BCUT2D eigenvalue weighted by Gasteiger charge is 2.28. The Balaban J connectivity index is 1.86. The molecule has 2 rings (SSSR count). The molecule has 0 saturated carbocycles. The van der Waals surface area contributed by atoms with E-state index in [1.807, 2.05) is 6.92 Å². The molecule has 1 aliphatic heterocycles. The number of carbonyl (C=O) groups excluding carboxylic acids is 2. The van der Waals surface area contributed by atoms with E-state index in [2.05, 4.69) is 10.3 Å². The number of hydrogen-bond donors (Lipinski definition) is 3. The van der Waals surface area contributed by atoms with Crippen molar-refractivity contribution in [3.05, 3.63) is 23.9 Å². The van der Waals surface area contributed by atoms with E-state index in [0.717, 1.165) is 12.8 Å². The first-order valence-electron chi connectivity index (χ1n) is 7.88. The van der Waals surface area contributed by atoms with Crippen LogP contribution in [0.1, 0.15) is 37.0 Å². The molecule has 126 valence electrons. The van der Waals surface area contributed by atoms with Crippen LogP contribution in [0.25, 0.3) is 0 Å². The van der Waals surface area contributed by atoms with E-state index in [9.17, 15) is 14.7 Å². The van der Waals surface area contributed by atoms with Gasteiger partial charge >= 0.3 is 0 Å². The minimum atomic E-state index is -0.469. The third-order valence-electron chi connectivity index (χ3n) is 4.31. The molecule has 1 aromatic heterocycles. The Morgan fingerprint density at radius 3 is 2.61 bits per heavy atom. The third kappa shape index (κ3) is 4.41. The number of likely N-dealkylation sites (tertiary alicyclic amines) is 1. The van der Waals surface area contributed by atoms with Gasteiger partial charge in [0.25, 0.3) is 5.91 Å². The van der Waals surface area contributed by atoms with Gasteiger partial charge in [-0.2, -0.15) is 0 Å². The van der Waals surface area contributed by atoms with E-state index >= 15 is 0 Å². The Morgan fingerprint density at radius 2 is 2.04 bits per heavy atom. The van der Waals surface area contributed by atoms with Crippen LogP contribution in [0.15, 0.2) is 18.3 Å². The second-order valence-electron chi connectivity index (χ2n) is 6.12. The van der Waals surface area contributed by atoms with Crippen LogP contribution < -0.4 is 11.1 Å². The molecule has 2 amide bonds. The van der Waals surface area contributed by atoms with E-state index in [-0.39, 0.29) is 23.7 Å². The van der Waals surface area contributed by atoms with Crippen LogP contribution in [-0.4, -0.2) is 52.0 Å². The van der Waals surface area contributed by atoms with Crippen LogP contribution in [-0.2, 0) is 4.79 Å². The molecule has 0 aromatic carbocycles. The predicted molar refractivity (Wildman–Crippen MR) is 85.8 cm³/mol. The van der Waals surface area contributed by atoms with Gasteiger partial charge in [-0.25, -0.2) is 4.98 Å². The maximum Gasteiger partial charge on any atom is 0.251 e. The number of aromatic hydroxyl groups is 1. The number of nitrogens with zero attached hydrogens (tertiary/aromatic N) is 2. The Bertz CT molecular complexity index is 568. The number of carbonyl (C=O) groups is 2. The lowest BCUT2D eigenvalue weighted by Crippen LogP contribution is -2.49. The highest BCUT2D eigenvalue weighted by atomic mass is 16.3. The van der Waals surface area contributed by atoms with Gasteiger partial charge in [-0.05, 0) is 38.7 Å². The van der Waals surface area contributed by atoms with Gasteiger partial charge in [-0.15, -0.1) is 0 Å². The van der Waals surface area contributed by atoms with E-state index in [4.69, 9.17) is 5.73 Å². The Hall–Kier alpha value is -2.15. The average molecular weight is 320 g/mol. The van der Waals surface area contributed by atoms with Crippen molar-refractivity contribution in [1.82, 2.24) is 15.2 Å². The quantitative estimate of drug-likeness (QED) is 0.748. The van der Waals surface area contributed by atoms with Crippen molar-refractivity contribution >= 4 is 11.8 Å². The molecule has 0 bridgehead atoms. The molecule has 2 atom stereocenters. The minimum Gasteiger partial charge on any atom is -0.493 e. The normalized spacial score (nSPS) is 18.3. The first-order chi connectivity index (χ1) is 10.9. The molecule has 7 nitrogen and oxygen atoms in total. The first-order valence-corrected chi connectivity index (χ1v) is 7.88. The van der Waals surface area contributed by atoms with Crippen molar-refractivity contribution < 1.29 is 14.7 Å². The van der Waals surface area contributed by atoms with Crippen LogP contribution in [0, 0.1) is 5.92 Å². The van der Waals surface area contributed by atoms with Gasteiger partial charge in [-0.3, -0.25) is 9.59 Å². The number of pyridine rings is 1. The summed E-state index contributed by atoms with van der Waals surface area (Å²) in [4.78, 5) is 29.5. The summed E-state index contributed by atoms with van der Waals surface area (Å²) in [6, 6.07) is 2.42. The number of nitrogens with two attached hydrogens (primary N) is 1. The maximum atomic E-state index is 12.2. The lowest BCUT2D eigenvalue weighted by molar-refractivity contribution is -0.133. The molecule has 0 spiro atoms. The minimum absolute atomic E-state index is 0.00893. The first kappa shape index (κ1) is 17.2. The topological polar surface area (TPSA) is 109 Å². The fourth-order valence-electron chi connectivity index (χ4n) is 2.88. The van der Waals surface area contributed by atoms with Gasteiger partial charge in [0.1, 0.15) is 0 Å². The summed E-state index contributed by atoms with van der Waals surface area (Å²) in [5.41, 5.74) is 6.01. The Labute approximate surface area is 135 Å². The standard InChI is InChI=1S/C16H24N4O3/c1-10(17)16(23)20-7-4-12(5-8-20)11(2)19-15(22)13-3-6-18-14(21)9-13/h3,6,9-12H,4-5,7-8,17H2,1-2H3,(H,18,21)(H,19,22)/t10-,11?/m0/s1. The second-order valence-corrected chi connectivity index (χ2v) is 6.12. The van der Waals surface area contributed by atoms with E-state index in [0.29, 0.717) is 24.6 Å². The van der Waals surface area contributed by atoms with Crippen LogP contribution in [0.3, 0.4) is 0 Å². The number of amides is 2. The Morgan fingerprint density at radius 1 is 1.39 bits per heavy atom. The summed E-state index contributed by atoms with van der Waals surface area (Å²) in [6.45, 7) is 5.00. The summed E-state index contributed by atoms with van der Waals surface area (Å²) in [5.74, 6) is -0.115. The molecule has 0 aliphatic carbocycles. The van der Waals surface area contributed by atoms with E-state index < -0.39 is 6.04 Å². The summed E-state index contributed by atoms with van der Waals surface area (Å²) < 4.78 is 0. The number of aromatic nitrogens is 1. The van der Waals surface area contributed by atoms with Crippen LogP contribution >= 0.6 is 0 Å². The molecule has 23 heavy (non-hydrogen) atoms. The summed E-state index contributed by atoms with van der Waals surface area (Å²) in [5, 5.41) is 12.3. The van der Waals surface area contributed by atoms with Crippen molar-refractivity contribution in [3.63, 3.8) is 0 Å². The predicted octanol–water partition coefficient (Wildman–Crippen LogP) is 0.491.